The molecule has 0 bridgehead atoms. The largest absolute Gasteiger partial charge is 0.506 e. The Labute approximate surface area is 148 Å². The topological polar surface area (TPSA) is 49.7 Å². The average molecular weight is 333 g/mol. The van der Waals surface area contributed by atoms with Gasteiger partial charge in [-0.2, -0.15) is 0 Å². The van der Waals surface area contributed by atoms with Crippen LogP contribution in [0.5, 0.6) is 0 Å². The quantitative estimate of drug-likeness (QED) is 0.589. The van der Waals surface area contributed by atoms with E-state index in [1.807, 2.05) is 49.4 Å². The van der Waals surface area contributed by atoms with E-state index in [1.165, 1.54) is 0 Å². The molecule has 2 aromatic rings. The van der Waals surface area contributed by atoms with Crippen LogP contribution in [0, 0.1) is 12.3 Å². The van der Waals surface area contributed by atoms with Gasteiger partial charge in [-0.25, -0.2) is 0 Å². The fourth-order valence-corrected chi connectivity index (χ4v) is 3.23. The van der Waals surface area contributed by atoms with E-state index in [-0.39, 0.29) is 17.0 Å². The number of aliphatic hydroxyl groups excluding tert-OH is 1. The molecule has 1 N–H and O–H groups in total. The van der Waals surface area contributed by atoms with Gasteiger partial charge in [0.05, 0.1) is 17.0 Å². The van der Waals surface area contributed by atoms with E-state index < -0.39 is 0 Å². The van der Waals surface area contributed by atoms with Gasteiger partial charge < -0.3 is 5.11 Å². The van der Waals surface area contributed by atoms with Crippen molar-refractivity contribution in [2.24, 2.45) is 10.4 Å². The third-order valence-corrected chi connectivity index (χ3v) is 4.51. The van der Waals surface area contributed by atoms with Gasteiger partial charge in [-0.15, -0.1) is 0 Å². The van der Waals surface area contributed by atoms with E-state index in [2.05, 4.69) is 13.8 Å². The fourth-order valence-electron chi connectivity index (χ4n) is 3.23. The molecule has 3 rings (SSSR count). The Balaban J connectivity index is 2.17. The van der Waals surface area contributed by atoms with Crippen LogP contribution >= 0.6 is 0 Å². The van der Waals surface area contributed by atoms with Gasteiger partial charge in [-0.05, 0) is 30.4 Å². The summed E-state index contributed by atoms with van der Waals surface area (Å²) in [6.07, 6.45) is 1.06. The highest BCUT2D eigenvalue weighted by Gasteiger charge is 2.36. The molecule has 0 unspecified atom stereocenters. The standard InChI is InChI=1S/C22H23NO2/c1-15-9-7-8-12-17(15)23-18-13-22(2,3)14-19(24)20(18)21(25)16-10-5-4-6-11-16/h4-12,25H,13-14H2,1-3H3/b21-20+,23-18?. The third kappa shape index (κ3) is 3.71. The number of para-hydroxylation sites is 1. The Hall–Kier alpha value is -2.68. The Kier molecular flexibility index (Phi) is 4.58. The summed E-state index contributed by atoms with van der Waals surface area (Å²) < 4.78 is 0. The minimum atomic E-state index is -0.168. The highest BCUT2D eigenvalue weighted by Crippen LogP contribution is 2.38. The number of carbonyl (C=O) groups excluding carboxylic acids is 1. The first-order chi connectivity index (χ1) is 11.9. The summed E-state index contributed by atoms with van der Waals surface area (Å²) in [5.74, 6) is -0.0293. The number of allylic oxidation sites excluding steroid dienone is 1. The molecule has 3 nitrogen and oxygen atoms in total. The normalized spacial score (nSPS) is 20.6. The van der Waals surface area contributed by atoms with E-state index in [1.54, 1.807) is 12.1 Å². The number of carbonyl (C=O) groups is 1. The zero-order chi connectivity index (χ0) is 18.0. The molecule has 1 fully saturated rings. The summed E-state index contributed by atoms with van der Waals surface area (Å²) in [7, 11) is 0. The monoisotopic (exact) mass is 333 g/mol. The predicted octanol–water partition coefficient (Wildman–Crippen LogP) is 5.43. The summed E-state index contributed by atoms with van der Waals surface area (Å²) in [5, 5.41) is 10.8. The highest BCUT2D eigenvalue weighted by atomic mass is 16.3. The average Bonchev–Trinajstić information content (AvgIpc) is 2.56. The van der Waals surface area contributed by atoms with Crippen LogP contribution < -0.4 is 0 Å². The van der Waals surface area contributed by atoms with Crippen molar-refractivity contribution in [3.8, 4) is 0 Å². The van der Waals surface area contributed by atoms with E-state index in [0.29, 0.717) is 29.7 Å². The fraction of sp³-hybridized carbons (Fsp3) is 0.273. The molecule has 1 aliphatic carbocycles. The second kappa shape index (κ2) is 6.67. The molecule has 1 aliphatic rings. The van der Waals surface area contributed by atoms with Crippen molar-refractivity contribution in [3.05, 3.63) is 71.3 Å². The molecule has 25 heavy (non-hydrogen) atoms. The first kappa shape index (κ1) is 17.2. The van der Waals surface area contributed by atoms with Crippen LogP contribution in [-0.4, -0.2) is 16.6 Å². The lowest BCUT2D eigenvalue weighted by atomic mass is 9.73. The summed E-state index contributed by atoms with van der Waals surface area (Å²) >= 11 is 0. The third-order valence-electron chi connectivity index (χ3n) is 4.51. The van der Waals surface area contributed by atoms with Crippen LogP contribution in [0.1, 0.15) is 37.8 Å². The van der Waals surface area contributed by atoms with Crippen molar-refractivity contribution in [2.45, 2.75) is 33.6 Å². The number of aryl methyl sites for hydroxylation is 1. The van der Waals surface area contributed by atoms with Crippen molar-refractivity contribution < 1.29 is 9.90 Å². The molecular formula is C22H23NO2. The van der Waals surface area contributed by atoms with E-state index >= 15 is 0 Å². The highest BCUT2D eigenvalue weighted by molar-refractivity contribution is 6.28. The molecule has 0 spiro atoms. The molecule has 2 aromatic carbocycles. The van der Waals surface area contributed by atoms with Crippen LogP contribution in [-0.2, 0) is 4.79 Å². The van der Waals surface area contributed by atoms with Crippen LogP contribution in [0.2, 0.25) is 0 Å². The zero-order valence-electron chi connectivity index (χ0n) is 14.9. The lowest BCUT2D eigenvalue weighted by Crippen LogP contribution is -2.32. The van der Waals surface area contributed by atoms with Gasteiger partial charge >= 0.3 is 0 Å². The number of aliphatic imine (C=N–C) groups is 1. The molecule has 128 valence electrons. The summed E-state index contributed by atoms with van der Waals surface area (Å²) in [5.41, 5.74) is 3.37. The van der Waals surface area contributed by atoms with Crippen LogP contribution in [0.4, 0.5) is 5.69 Å². The molecule has 0 amide bonds. The van der Waals surface area contributed by atoms with Gasteiger partial charge in [0.15, 0.2) is 5.78 Å². The first-order valence-electron chi connectivity index (χ1n) is 8.53. The zero-order valence-corrected chi connectivity index (χ0v) is 14.9. The Morgan fingerprint density at radius 2 is 1.64 bits per heavy atom. The van der Waals surface area contributed by atoms with E-state index in [0.717, 1.165) is 11.3 Å². The molecule has 0 heterocycles. The second-order valence-corrected chi connectivity index (χ2v) is 7.38. The van der Waals surface area contributed by atoms with Crippen LogP contribution in [0.15, 0.2) is 65.2 Å². The lowest BCUT2D eigenvalue weighted by Gasteiger charge is -2.31. The maximum Gasteiger partial charge on any atom is 0.169 e. The summed E-state index contributed by atoms with van der Waals surface area (Å²) in [6.45, 7) is 6.12. The molecule has 0 atom stereocenters. The molecule has 3 heteroatoms. The van der Waals surface area contributed by atoms with Gasteiger partial charge in [0.2, 0.25) is 0 Å². The number of ketones is 1. The number of benzene rings is 2. The molecule has 0 aliphatic heterocycles. The summed E-state index contributed by atoms with van der Waals surface area (Å²) in [6, 6.07) is 17.0. The number of nitrogens with zero attached hydrogens (tertiary/aromatic N) is 1. The number of rotatable bonds is 2. The van der Waals surface area contributed by atoms with Crippen molar-refractivity contribution in [3.63, 3.8) is 0 Å². The van der Waals surface area contributed by atoms with E-state index in [4.69, 9.17) is 4.99 Å². The molecular weight excluding hydrogens is 310 g/mol. The van der Waals surface area contributed by atoms with Gasteiger partial charge in [0.25, 0.3) is 0 Å². The first-order valence-corrected chi connectivity index (χ1v) is 8.53. The maximum atomic E-state index is 12.8. The molecule has 0 aromatic heterocycles. The van der Waals surface area contributed by atoms with Crippen molar-refractivity contribution in [2.75, 3.05) is 0 Å². The minimum absolute atomic E-state index is 0.0217. The molecule has 1 saturated carbocycles. The van der Waals surface area contributed by atoms with Gasteiger partial charge in [0, 0.05) is 12.0 Å². The van der Waals surface area contributed by atoms with Crippen molar-refractivity contribution in [1.82, 2.24) is 0 Å². The number of hydrogen-bond donors (Lipinski definition) is 1. The minimum Gasteiger partial charge on any atom is -0.506 e. The second-order valence-electron chi connectivity index (χ2n) is 7.38. The van der Waals surface area contributed by atoms with Gasteiger partial charge in [0.1, 0.15) is 5.76 Å². The van der Waals surface area contributed by atoms with E-state index in [9.17, 15) is 9.90 Å². The number of aliphatic hydroxyl groups is 1. The SMILES string of the molecule is Cc1ccccc1N=C1CC(C)(C)CC(=O)/C1=C(/O)c1ccccc1. The van der Waals surface area contributed by atoms with Crippen molar-refractivity contribution in [1.29, 1.82) is 0 Å². The number of hydrogen-bond acceptors (Lipinski definition) is 3. The summed E-state index contributed by atoms with van der Waals surface area (Å²) in [4.78, 5) is 17.6. The van der Waals surface area contributed by atoms with Gasteiger partial charge in [-0.1, -0.05) is 62.4 Å². The predicted molar refractivity (Wildman–Crippen MR) is 102 cm³/mol. The molecule has 0 radical (unpaired) electrons. The van der Waals surface area contributed by atoms with Crippen LogP contribution in [0.25, 0.3) is 5.76 Å². The Bertz CT molecular complexity index is 861. The number of Topliss-reactive ketones (excluding diaryl/α,β-unsaturated/α-hetero) is 1. The Morgan fingerprint density at radius 3 is 2.32 bits per heavy atom. The molecule has 0 saturated heterocycles. The Morgan fingerprint density at radius 1 is 1.00 bits per heavy atom. The van der Waals surface area contributed by atoms with Gasteiger partial charge in [-0.3, -0.25) is 9.79 Å². The van der Waals surface area contributed by atoms with Crippen molar-refractivity contribution >= 4 is 22.9 Å². The lowest BCUT2D eigenvalue weighted by molar-refractivity contribution is -0.117. The maximum absolute atomic E-state index is 12.8. The van der Waals surface area contributed by atoms with Crippen LogP contribution in [0.3, 0.4) is 0 Å². The smallest absolute Gasteiger partial charge is 0.169 e.